The number of anilines is 1. The molecule has 2 aromatic carbocycles. The molecule has 0 bridgehead atoms. The third-order valence-electron chi connectivity index (χ3n) is 6.16. The number of carbonyl (C=O) groups is 2. The van der Waals surface area contributed by atoms with E-state index < -0.39 is 10.0 Å². The number of ether oxygens (including phenoxy) is 1. The molecule has 4 rings (SSSR count). The second-order valence-electron chi connectivity index (χ2n) is 9.00. The number of nitrogens with one attached hydrogen (secondary N) is 2. The highest BCUT2D eigenvalue weighted by Crippen LogP contribution is 2.33. The number of hydrogen-bond acceptors (Lipinski definition) is 6. The molecule has 8 nitrogen and oxygen atoms in total. The van der Waals surface area contributed by atoms with Crippen molar-refractivity contribution in [3.8, 4) is 5.75 Å². The van der Waals surface area contributed by atoms with Crippen molar-refractivity contribution in [1.29, 1.82) is 0 Å². The molecule has 1 saturated heterocycles. The molecule has 0 spiro atoms. The highest BCUT2D eigenvalue weighted by atomic mass is 35.5. The van der Waals surface area contributed by atoms with Crippen LogP contribution in [0.25, 0.3) is 0 Å². The Hall–Kier alpha value is -2.46. The molecule has 2 N–H and O–H groups in total. The summed E-state index contributed by atoms with van der Waals surface area (Å²) in [6.45, 7) is 3.34. The number of sulfonamides is 1. The van der Waals surface area contributed by atoms with Crippen LogP contribution in [-0.4, -0.2) is 50.9 Å². The van der Waals surface area contributed by atoms with Crippen molar-refractivity contribution in [3.63, 3.8) is 0 Å². The van der Waals surface area contributed by atoms with E-state index in [1.165, 1.54) is 25.1 Å². The predicted octanol–water partition coefficient (Wildman–Crippen LogP) is 4.06. The van der Waals surface area contributed by atoms with Gasteiger partial charge in [-0.15, -0.1) is 0 Å². The van der Waals surface area contributed by atoms with Gasteiger partial charge >= 0.3 is 0 Å². The summed E-state index contributed by atoms with van der Waals surface area (Å²) in [5.74, 6) is 0.847. The van der Waals surface area contributed by atoms with Gasteiger partial charge in [0.05, 0.1) is 28.4 Å². The molecule has 0 aromatic heterocycles. The van der Waals surface area contributed by atoms with Gasteiger partial charge in [-0.05, 0) is 81.1 Å². The summed E-state index contributed by atoms with van der Waals surface area (Å²) < 4.78 is 34.4. The van der Waals surface area contributed by atoms with Crippen LogP contribution in [0.1, 0.15) is 49.4 Å². The molecule has 2 aliphatic rings. The average Bonchev–Trinajstić information content (AvgIpc) is 3.58. The van der Waals surface area contributed by atoms with Crippen LogP contribution in [0.4, 0.5) is 5.69 Å². The first-order valence-corrected chi connectivity index (χ1v) is 13.7. The Kier molecular flexibility index (Phi) is 8.11. The Morgan fingerprint density at radius 1 is 1.11 bits per heavy atom. The van der Waals surface area contributed by atoms with Gasteiger partial charge in [0, 0.05) is 24.9 Å². The van der Waals surface area contributed by atoms with E-state index in [9.17, 15) is 18.0 Å². The second-order valence-corrected chi connectivity index (χ2v) is 11.1. The fraction of sp³-hybridized carbons (Fsp3) is 0.440. The van der Waals surface area contributed by atoms with Gasteiger partial charge in [0.15, 0.2) is 5.78 Å². The molecule has 1 aliphatic carbocycles. The minimum Gasteiger partial charge on any atom is -0.494 e. The van der Waals surface area contributed by atoms with Gasteiger partial charge in [-0.2, -0.15) is 4.72 Å². The van der Waals surface area contributed by atoms with Crippen LogP contribution in [0.15, 0.2) is 47.4 Å². The second kappa shape index (κ2) is 11.1. The zero-order valence-electron chi connectivity index (χ0n) is 19.6. The van der Waals surface area contributed by atoms with Crippen molar-refractivity contribution in [2.75, 3.05) is 25.0 Å². The van der Waals surface area contributed by atoms with Crippen molar-refractivity contribution in [1.82, 2.24) is 9.62 Å². The lowest BCUT2D eigenvalue weighted by Gasteiger charge is -2.25. The third kappa shape index (κ3) is 6.82. The zero-order valence-corrected chi connectivity index (χ0v) is 21.2. The van der Waals surface area contributed by atoms with Crippen molar-refractivity contribution >= 4 is 39.0 Å². The summed E-state index contributed by atoms with van der Waals surface area (Å²) in [7, 11) is -3.78. The largest absolute Gasteiger partial charge is 0.494 e. The SMILES string of the molecule is CC(=O)Nc1ccc(S(=O)(=O)NC2CCCN2CCCOc2ccc(C(=O)C3CC3)cc2)cc1Cl. The van der Waals surface area contributed by atoms with Crippen molar-refractivity contribution in [2.24, 2.45) is 5.92 Å². The lowest BCUT2D eigenvalue weighted by Crippen LogP contribution is -2.44. The van der Waals surface area contributed by atoms with Gasteiger partial charge in [-0.25, -0.2) is 8.42 Å². The van der Waals surface area contributed by atoms with Crippen LogP contribution < -0.4 is 14.8 Å². The number of amides is 1. The maximum absolute atomic E-state index is 12.9. The number of Topliss-reactive ketones (excluding diaryl/α,β-unsaturated/α-hetero) is 1. The topological polar surface area (TPSA) is 105 Å². The van der Waals surface area contributed by atoms with Gasteiger partial charge < -0.3 is 10.1 Å². The summed E-state index contributed by atoms with van der Waals surface area (Å²) in [6, 6.07) is 11.5. The Morgan fingerprint density at radius 2 is 1.86 bits per heavy atom. The molecule has 2 aromatic rings. The lowest BCUT2D eigenvalue weighted by molar-refractivity contribution is -0.114. The molecule has 1 heterocycles. The number of likely N-dealkylation sites (tertiary alicyclic amines) is 1. The van der Waals surface area contributed by atoms with Crippen molar-refractivity contribution in [2.45, 2.75) is 50.1 Å². The molecule has 1 amide bonds. The van der Waals surface area contributed by atoms with Gasteiger partial charge in [0.25, 0.3) is 0 Å². The Bertz CT molecular complexity index is 1180. The van der Waals surface area contributed by atoms with Crippen molar-refractivity contribution in [3.05, 3.63) is 53.1 Å². The predicted molar refractivity (Wildman–Crippen MR) is 134 cm³/mol. The smallest absolute Gasteiger partial charge is 0.241 e. The van der Waals surface area contributed by atoms with Gasteiger partial charge in [0.2, 0.25) is 15.9 Å². The van der Waals surface area contributed by atoms with E-state index in [0.717, 1.165) is 43.5 Å². The maximum Gasteiger partial charge on any atom is 0.241 e. The van der Waals surface area contributed by atoms with E-state index in [-0.39, 0.29) is 33.7 Å². The molecular formula is C25H30ClN3O5S. The number of hydrogen-bond donors (Lipinski definition) is 2. The molecule has 1 atom stereocenters. The molecule has 0 radical (unpaired) electrons. The zero-order chi connectivity index (χ0) is 25.0. The Labute approximate surface area is 211 Å². The lowest BCUT2D eigenvalue weighted by atomic mass is 10.1. The van der Waals surface area contributed by atoms with E-state index in [1.807, 2.05) is 24.3 Å². The van der Waals surface area contributed by atoms with Gasteiger partial charge in [0.1, 0.15) is 5.75 Å². The average molecular weight is 520 g/mol. The fourth-order valence-corrected chi connectivity index (χ4v) is 5.76. The molecule has 35 heavy (non-hydrogen) atoms. The standard InChI is InChI=1S/C25H30ClN3O5S/c1-17(30)27-23-12-11-21(16-22(23)26)35(32,33)28-24-4-2-13-29(24)14-3-15-34-20-9-7-19(8-10-20)25(31)18-5-6-18/h7-12,16,18,24,28H,2-6,13-15H2,1H3,(H,27,30). The molecule has 1 aliphatic heterocycles. The number of halogens is 1. The Balaban J connectivity index is 1.26. The fourth-order valence-electron chi connectivity index (χ4n) is 4.18. The number of benzene rings is 2. The first-order chi connectivity index (χ1) is 16.7. The quantitative estimate of drug-likeness (QED) is 0.342. The molecule has 1 saturated carbocycles. The van der Waals surface area contributed by atoms with E-state index in [1.54, 1.807) is 0 Å². The summed E-state index contributed by atoms with van der Waals surface area (Å²) in [5.41, 5.74) is 1.10. The normalized spacial score (nSPS) is 18.4. The maximum atomic E-state index is 12.9. The summed E-state index contributed by atoms with van der Waals surface area (Å²) in [6.07, 6.45) is 4.02. The summed E-state index contributed by atoms with van der Waals surface area (Å²) in [5, 5.41) is 2.73. The van der Waals surface area contributed by atoms with Gasteiger partial charge in [-0.3, -0.25) is 14.5 Å². The van der Waals surface area contributed by atoms with Crippen molar-refractivity contribution < 1.29 is 22.7 Å². The molecule has 1 unspecified atom stereocenters. The molecular weight excluding hydrogens is 490 g/mol. The Morgan fingerprint density at radius 3 is 2.51 bits per heavy atom. The first-order valence-electron chi connectivity index (χ1n) is 11.8. The van der Waals surface area contributed by atoms with Gasteiger partial charge in [-0.1, -0.05) is 11.6 Å². The number of carbonyl (C=O) groups excluding carboxylic acids is 2. The highest BCUT2D eigenvalue weighted by Gasteiger charge is 2.30. The third-order valence-corrected chi connectivity index (χ3v) is 7.93. The minimum absolute atomic E-state index is 0.0513. The number of ketones is 1. The van der Waals surface area contributed by atoms with Crippen LogP contribution in [0.5, 0.6) is 5.75 Å². The van der Waals surface area contributed by atoms with Crippen LogP contribution in [-0.2, 0) is 14.8 Å². The van der Waals surface area contributed by atoms with Crippen LogP contribution in [0.2, 0.25) is 5.02 Å². The van der Waals surface area contributed by atoms with Crippen LogP contribution >= 0.6 is 11.6 Å². The molecule has 188 valence electrons. The summed E-state index contributed by atoms with van der Waals surface area (Å²) >= 11 is 6.15. The number of nitrogens with zero attached hydrogens (tertiary/aromatic N) is 1. The van der Waals surface area contributed by atoms with Crippen LogP contribution in [0, 0.1) is 5.92 Å². The monoisotopic (exact) mass is 519 g/mol. The van der Waals surface area contributed by atoms with E-state index >= 15 is 0 Å². The van der Waals surface area contributed by atoms with E-state index in [0.29, 0.717) is 25.3 Å². The molecule has 10 heteroatoms. The van der Waals surface area contributed by atoms with E-state index in [2.05, 4.69) is 14.9 Å². The highest BCUT2D eigenvalue weighted by molar-refractivity contribution is 7.89. The number of rotatable bonds is 11. The minimum atomic E-state index is -3.78. The van der Waals surface area contributed by atoms with Crippen LogP contribution in [0.3, 0.4) is 0 Å². The summed E-state index contributed by atoms with van der Waals surface area (Å²) in [4.78, 5) is 25.5. The first kappa shape index (κ1) is 25.6. The molecule has 2 fully saturated rings. The van der Waals surface area contributed by atoms with E-state index in [4.69, 9.17) is 16.3 Å².